The van der Waals surface area contributed by atoms with Gasteiger partial charge in [0, 0.05) is 4.90 Å². The normalized spacial score (nSPS) is 13.8. The van der Waals surface area contributed by atoms with Crippen LogP contribution < -0.4 is 5.32 Å². The first kappa shape index (κ1) is 23.7. The van der Waals surface area contributed by atoms with Crippen molar-refractivity contribution in [3.8, 4) is 0 Å². The minimum absolute atomic E-state index is 0.0130. The molecule has 0 fully saturated rings. The maximum atomic E-state index is 12.8. The molecule has 27 heavy (non-hydrogen) atoms. The van der Waals surface area contributed by atoms with Crippen molar-refractivity contribution in [1.29, 1.82) is 0 Å². The molecule has 1 N–H and O–H groups in total. The number of benzene rings is 1. The molecule has 0 aliphatic carbocycles. The first-order valence-corrected chi connectivity index (χ1v) is 12.8. The van der Waals surface area contributed by atoms with Gasteiger partial charge in [-0.3, -0.25) is 4.79 Å². The van der Waals surface area contributed by atoms with Crippen LogP contribution in [0.25, 0.3) is 0 Å². The van der Waals surface area contributed by atoms with Gasteiger partial charge in [0.25, 0.3) is 0 Å². The van der Waals surface area contributed by atoms with Crippen LogP contribution in [-0.2, 0) is 14.0 Å². The molecule has 0 radical (unpaired) electrons. The lowest BCUT2D eigenvalue weighted by atomic mass is 10.2. The number of ether oxygens (including phenoxy) is 1. The number of hydrogen-bond acceptors (Lipinski definition) is 5. The molecule has 0 saturated carbocycles. The van der Waals surface area contributed by atoms with Gasteiger partial charge in [0.2, 0.25) is 5.12 Å². The molecule has 1 aromatic rings. The van der Waals surface area contributed by atoms with Gasteiger partial charge >= 0.3 is 6.09 Å². The van der Waals surface area contributed by atoms with Gasteiger partial charge in [-0.15, -0.1) is 0 Å². The third kappa shape index (κ3) is 8.49. The summed E-state index contributed by atoms with van der Waals surface area (Å²) in [5.41, 5.74) is -0.634. The largest absolute Gasteiger partial charge is 0.444 e. The summed E-state index contributed by atoms with van der Waals surface area (Å²) < 4.78 is 11.5. The Labute approximate surface area is 168 Å². The van der Waals surface area contributed by atoms with E-state index >= 15 is 0 Å². The number of carbonyl (C=O) groups excluding carboxylic acids is 2. The van der Waals surface area contributed by atoms with Crippen molar-refractivity contribution in [2.24, 2.45) is 0 Å². The molecule has 1 amide bonds. The summed E-state index contributed by atoms with van der Waals surface area (Å²) in [6, 6.07) is 8.59. The van der Waals surface area contributed by atoms with Crippen LogP contribution >= 0.6 is 11.8 Å². The minimum atomic E-state index is -2.06. The summed E-state index contributed by atoms with van der Waals surface area (Å²) in [5, 5.41) is 2.52. The summed E-state index contributed by atoms with van der Waals surface area (Å²) in [6.45, 7) is 16.1. The Hall–Kier alpha value is -1.31. The van der Waals surface area contributed by atoms with Crippen LogP contribution in [0.4, 0.5) is 4.79 Å². The van der Waals surface area contributed by atoms with E-state index in [1.165, 1.54) is 0 Å². The van der Waals surface area contributed by atoms with E-state index in [4.69, 9.17) is 9.16 Å². The number of thioether (sulfide) groups is 1. The zero-order valence-electron chi connectivity index (χ0n) is 17.7. The molecule has 1 aromatic carbocycles. The van der Waals surface area contributed by atoms with Crippen molar-refractivity contribution in [3.63, 3.8) is 0 Å². The summed E-state index contributed by atoms with van der Waals surface area (Å²) in [5.74, 6) is 0. The van der Waals surface area contributed by atoms with Crippen molar-refractivity contribution in [2.75, 3.05) is 6.61 Å². The SMILES string of the molecule is CC(C)(C)OC(=O)N[C@@H](CO[Si](C)(C)C(C)(C)C)C(=O)Sc1ccccc1. The van der Waals surface area contributed by atoms with E-state index in [9.17, 15) is 9.59 Å². The van der Waals surface area contributed by atoms with Gasteiger partial charge < -0.3 is 14.5 Å². The number of alkyl carbamates (subject to hydrolysis) is 1. The third-order valence-corrected chi connectivity index (χ3v) is 9.85. The predicted molar refractivity (Wildman–Crippen MR) is 114 cm³/mol. The van der Waals surface area contributed by atoms with E-state index < -0.39 is 26.1 Å². The van der Waals surface area contributed by atoms with Gasteiger partial charge in [-0.05, 0) is 62.8 Å². The van der Waals surface area contributed by atoms with Crippen molar-refractivity contribution in [2.45, 2.75) is 76.2 Å². The van der Waals surface area contributed by atoms with E-state index in [2.05, 4.69) is 39.2 Å². The quantitative estimate of drug-likeness (QED) is 0.513. The summed E-state index contributed by atoms with van der Waals surface area (Å²) >= 11 is 1.10. The molecule has 0 saturated heterocycles. The maximum Gasteiger partial charge on any atom is 0.408 e. The topological polar surface area (TPSA) is 64.6 Å². The van der Waals surface area contributed by atoms with Crippen molar-refractivity contribution < 1.29 is 18.8 Å². The molecule has 0 unspecified atom stereocenters. The fraction of sp³-hybridized carbons (Fsp3) is 0.600. The number of carbonyl (C=O) groups is 2. The highest BCUT2D eigenvalue weighted by molar-refractivity contribution is 8.13. The number of amides is 1. The lowest BCUT2D eigenvalue weighted by Crippen LogP contribution is -2.49. The van der Waals surface area contributed by atoms with Crippen LogP contribution in [0, 0.1) is 0 Å². The molecular formula is C20H33NO4SSi. The zero-order valence-corrected chi connectivity index (χ0v) is 19.5. The van der Waals surface area contributed by atoms with Crippen LogP contribution in [0.15, 0.2) is 35.2 Å². The summed E-state index contributed by atoms with van der Waals surface area (Å²) in [4.78, 5) is 25.8. The molecule has 5 nitrogen and oxygen atoms in total. The number of rotatable bonds is 6. The van der Waals surface area contributed by atoms with Crippen LogP contribution in [0.5, 0.6) is 0 Å². The first-order valence-electron chi connectivity index (χ1n) is 9.11. The lowest BCUT2D eigenvalue weighted by Gasteiger charge is -2.37. The van der Waals surface area contributed by atoms with E-state index in [1.54, 1.807) is 20.8 Å². The Kier molecular flexibility index (Phi) is 8.13. The second-order valence-corrected chi connectivity index (χ2v) is 14.9. The van der Waals surface area contributed by atoms with E-state index in [-0.39, 0.29) is 16.8 Å². The van der Waals surface area contributed by atoms with Crippen LogP contribution in [-0.4, -0.2) is 37.8 Å². The maximum absolute atomic E-state index is 12.8. The molecule has 0 aliphatic rings. The van der Waals surface area contributed by atoms with E-state index in [1.807, 2.05) is 30.3 Å². The lowest BCUT2D eigenvalue weighted by molar-refractivity contribution is -0.113. The Morgan fingerprint density at radius 2 is 1.63 bits per heavy atom. The smallest absolute Gasteiger partial charge is 0.408 e. The molecule has 7 heteroatoms. The van der Waals surface area contributed by atoms with Crippen LogP contribution in [0.2, 0.25) is 18.1 Å². The van der Waals surface area contributed by atoms with Crippen LogP contribution in [0.3, 0.4) is 0 Å². The molecule has 0 aliphatic heterocycles. The Morgan fingerprint density at radius 3 is 2.11 bits per heavy atom. The first-order chi connectivity index (χ1) is 12.2. The van der Waals surface area contributed by atoms with Crippen molar-refractivity contribution in [1.82, 2.24) is 5.32 Å². The van der Waals surface area contributed by atoms with Crippen LogP contribution in [0.1, 0.15) is 41.5 Å². The fourth-order valence-electron chi connectivity index (χ4n) is 1.80. The molecule has 0 bridgehead atoms. The van der Waals surface area contributed by atoms with Gasteiger partial charge in [0.05, 0.1) is 6.61 Å². The second-order valence-electron chi connectivity index (χ2n) is 9.00. The van der Waals surface area contributed by atoms with Gasteiger partial charge in [-0.25, -0.2) is 4.79 Å². The van der Waals surface area contributed by atoms with Crippen molar-refractivity contribution in [3.05, 3.63) is 30.3 Å². The number of hydrogen-bond donors (Lipinski definition) is 1. The van der Waals surface area contributed by atoms with E-state index in [0.717, 1.165) is 16.7 Å². The monoisotopic (exact) mass is 411 g/mol. The predicted octanol–water partition coefficient (Wildman–Crippen LogP) is 5.22. The molecule has 0 spiro atoms. The van der Waals surface area contributed by atoms with Crippen molar-refractivity contribution >= 4 is 31.3 Å². The fourth-order valence-corrected chi connectivity index (χ4v) is 3.61. The highest BCUT2D eigenvalue weighted by atomic mass is 32.2. The highest BCUT2D eigenvalue weighted by Crippen LogP contribution is 2.36. The molecular weight excluding hydrogens is 378 g/mol. The average Bonchev–Trinajstić information content (AvgIpc) is 2.49. The van der Waals surface area contributed by atoms with E-state index in [0.29, 0.717) is 0 Å². The third-order valence-electron chi connectivity index (χ3n) is 4.35. The van der Waals surface area contributed by atoms with Gasteiger partial charge in [-0.1, -0.05) is 39.0 Å². The zero-order chi connectivity index (χ0) is 20.9. The molecule has 152 valence electrons. The van der Waals surface area contributed by atoms with Gasteiger partial charge in [0.15, 0.2) is 8.32 Å². The Morgan fingerprint density at radius 1 is 1.07 bits per heavy atom. The molecule has 0 heterocycles. The number of nitrogens with one attached hydrogen (secondary N) is 1. The molecule has 1 rings (SSSR count). The summed E-state index contributed by atoms with van der Waals surface area (Å²) in [7, 11) is -2.06. The molecule has 1 atom stereocenters. The standard InChI is InChI=1S/C20H33NO4SSi/c1-19(2,3)25-18(23)21-16(14-24-27(7,8)20(4,5)6)17(22)26-15-12-10-9-11-13-15/h9-13,16H,14H2,1-8H3,(H,21,23)/t16-/m0/s1. The van der Waals surface area contributed by atoms with Gasteiger partial charge in [0.1, 0.15) is 11.6 Å². The Balaban J connectivity index is 2.88. The average molecular weight is 412 g/mol. The summed E-state index contributed by atoms with van der Waals surface area (Å²) in [6.07, 6.45) is -0.617. The molecule has 0 aromatic heterocycles. The second kappa shape index (κ2) is 9.25. The minimum Gasteiger partial charge on any atom is -0.444 e. The Bertz CT molecular complexity index is 636. The van der Waals surface area contributed by atoms with Gasteiger partial charge in [-0.2, -0.15) is 0 Å². The highest BCUT2D eigenvalue weighted by Gasteiger charge is 2.38.